The van der Waals surface area contributed by atoms with Crippen molar-refractivity contribution in [3.05, 3.63) is 83.1 Å². The van der Waals surface area contributed by atoms with E-state index in [2.05, 4.69) is 10.3 Å². The first-order valence-corrected chi connectivity index (χ1v) is 11.7. The molecule has 0 saturated carbocycles. The van der Waals surface area contributed by atoms with Gasteiger partial charge in [-0.2, -0.15) is 0 Å². The molecule has 160 valence electrons. The molecule has 2 heterocycles. The SMILES string of the molecule is CS(=O)(=O)N1CC(C(=O)Nc2ccc(Cc3ccncc3)cc2)Oc2ccc(Cl)cc21. The number of ether oxygens (including phenoxy) is 1. The number of carbonyl (C=O) groups excluding carboxylic acids is 1. The molecule has 0 fully saturated rings. The van der Waals surface area contributed by atoms with Crippen molar-refractivity contribution in [1.82, 2.24) is 4.98 Å². The van der Waals surface area contributed by atoms with Gasteiger partial charge in [0.1, 0.15) is 5.75 Å². The van der Waals surface area contributed by atoms with E-state index in [1.165, 1.54) is 6.07 Å². The quantitative estimate of drug-likeness (QED) is 0.633. The van der Waals surface area contributed by atoms with Gasteiger partial charge in [-0.15, -0.1) is 0 Å². The van der Waals surface area contributed by atoms with E-state index < -0.39 is 22.0 Å². The monoisotopic (exact) mass is 457 g/mol. The number of nitrogens with one attached hydrogen (secondary N) is 1. The second-order valence-corrected chi connectivity index (χ2v) is 9.57. The molecular formula is C22H20ClN3O4S. The van der Waals surface area contributed by atoms with Gasteiger partial charge in [0.25, 0.3) is 5.91 Å². The van der Waals surface area contributed by atoms with Crippen molar-refractivity contribution in [3.8, 4) is 5.75 Å². The van der Waals surface area contributed by atoms with Gasteiger partial charge < -0.3 is 10.1 Å². The number of benzene rings is 2. The largest absolute Gasteiger partial charge is 0.476 e. The number of nitrogens with zero attached hydrogens (tertiary/aromatic N) is 2. The van der Waals surface area contributed by atoms with Crippen LogP contribution in [0.15, 0.2) is 67.0 Å². The molecule has 3 aromatic rings. The minimum atomic E-state index is -3.62. The first kappa shape index (κ1) is 21.1. The molecule has 0 aliphatic carbocycles. The van der Waals surface area contributed by atoms with Gasteiger partial charge in [-0.25, -0.2) is 8.42 Å². The lowest BCUT2D eigenvalue weighted by Crippen LogP contribution is -2.48. The third-order valence-electron chi connectivity index (χ3n) is 4.86. The van der Waals surface area contributed by atoms with Crippen LogP contribution in [-0.2, 0) is 21.2 Å². The van der Waals surface area contributed by atoms with E-state index in [4.69, 9.17) is 16.3 Å². The molecule has 4 rings (SSSR count). The molecule has 1 aromatic heterocycles. The predicted molar refractivity (Wildman–Crippen MR) is 120 cm³/mol. The van der Waals surface area contributed by atoms with Crippen molar-refractivity contribution in [3.63, 3.8) is 0 Å². The fourth-order valence-electron chi connectivity index (χ4n) is 3.34. The molecule has 1 N–H and O–H groups in total. The van der Waals surface area contributed by atoms with E-state index in [0.29, 0.717) is 16.4 Å². The smallest absolute Gasteiger partial charge is 0.267 e. The topological polar surface area (TPSA) is 88.6 Å². The highest BCUT2D eigenvalue weighted by Crippen LogP contribution is 2.37. The van der Waals surface area contributed by atoms with Crippen molar-refractivity contribution in [2.75, 3.05) is 22.4 Å². The number of aromatic nitrogens is 1. The molecule has 1 atom stereocenters. The number of anilines is 2. The lowest BCUT2D eigenvalue weighted by Gasteiger charge is -2.34. The van der Waals surface area contributed by atoms with Crippen LogP contribution in [0, 0.1) is 0 Å². The zero-order valence-corrected chi connectivity index (χ0v) is 18.2. The first-order chi connectivity index (χ1) is 14.8. The van der Waals surface area contributed by atoms with Crippen molar-refractivity contribution in [2.24, 2.45) is 0 Å². The average Bonchev–Trinajstić information content (AvgIpc) is 2.74. The predicted octanol–water partition coefficient (Wildman–Crippen LogP) is 3.49. The fraction of sp³-hybridized carbons (Fsp3) is 0.182. The Morgan fingerprint density at radius 3 is 2.48 bits per heavy atom. The zero-order chi connectivity index (χ0) is 22.0. The molecular weight excluding hydrogens is 438 g/mol. The summed E-state index contributed by atoms with van der Waals surface area (Å²) in [6.45, 7) is -0.141. The lowest BCUT2D eigenvalue weighted by molar-refractivity contribution is -0.122. The van der Waals surface area contributed by atoms with Crippen LogP contribution in [0.4, 0.5) is 11.4 Å². The highest BCUT2D eigenvalue weighted by atomic mass is 35.5. The molecule has 1 amide bonds. The van der Waals surface area contributed by atoms with E-state index in [1.54, 1.807) is 36.7 Å². The maximum absolute atomic E-state index is 12.8. The van der Waals surface area contributed by atoms with Gasteiger partial charge >= 0.3 is 0 Å². The number of halogens is 1. The van der Waals surface area contributed by atoms with Crippen LogP contribution in [0.3, 0.4) is 0 Å². The van der Waals surface area contributed by atoms with Crippen LogP contribution >= 0.6 is 11.6 Å². The van der Waals surface area contributed by atoms with Crippen molar-refractivity contribution in [1.29, 1.82) is 0 Å². The van der Waals surface area contributed by atoms with E-state index in [9.17, 15) is 13.2 Å². The van der Waals surface area contributed by atoms with Crippen LogP contribution < -0.4 is 14.4 Å². The second kappa shape index (κ2) is 8.56. The van der Waals surface area contributed by atoms with Crippen LogP contribution in [0.5, 0.6) is 5.75 Å². The van der Waals surface area contributed by atoms with Crippen LogP contribution in [-0.4, -0.2) is 38.2 Å². The summed E-state index contributed by atoms with van der Waals surface area (Å²) in [4.78, 5) is 16.8. The lowest BCUT2D eigenvalue weighted by atomic mass is 10.1. The fourth-order valence-corrected chi connectivity index (χ4v) is 4.41. The van der Waals surface area contributed by atoms with Gasteiger partial charge in [0.05, 0.1) is 18.5 Å². The number of sulfonamides is 1. The minimum absolute atomic E-state index is 0.141. The van der Waals surface area contributed by atoms with Crippen LogP contribution in [0.1, 0.15) is 11.1 Å². The Bertz CT molecular complexity index is 1200. The number of carbonyl (C=O) groups is 1. The summed E-state index contributed by atoms with van der Waals surface area (Å²) in [7, 11) is -3.62. The minimum Gasteiger partial charge on any atom is -0.476 e. The second-order valence-electron chi connectivity index (χ2n) is 7.23. The number of pyridine rings is 1. The van der Waals surface area contributed by atoms with Crippen LogP contribution in [0.25, 0.3) is 0 Å². The first-order valence-electron chi connectivity index (χ1n) is 9.52. The van der Waals surface area contributed by atoms with Gasteiger partial charge in [0, 0.05) is 23.1 Å². The molecule has 0 saturated heterocycles. The number of hydrogen-bond donors (Lipinski definition) is 1. The highest BCUT2D eigenvalue weighted by Gasteiger charge is 2.35. The van der Waals surface area contributed by atoms with Gasteiger partial charge in [0.15, 0.2) is 6.10 Å². The Balaban J connectivity index is 1.48. The number of amides is 1. The van der Waals surface area contributed by atoms with Gasteiger partial charge in [-0.05, 0) is 60.0 Å². The molecule has 9 heteroatoms. The Kier molecular flexibility index (Phi) is 5.84. The molecule has 0 radical (unpaired) electrons. The average molecular weight is 458 g/mol. The summed E-state index contributed by atoms with van der Waals surface area (Å²) in [5, 5.41) is 3.18. The number of fused-ring (bicyclic) bond motifs is 1. The summed E-state index contributed by atoms with van der Waals surface area (Å²) in [6.07, 6.45) is 4.34. The molecule has 2 aromatic carbocycles. The molecule has 1 aliphatic heterocycles. The molecule has 31 heavy (non-hydrogen) atoms. The number of rotatable bonds is 5. The van der Waals surface area contributed by atoms with Crippen molar-refractivity contribution >= 4 is 38.9 Å². The summed E-state index contributed by atoms with van der Waals surface area (Å²) in [5.41, 5.74) is 3.15. The number of hydrogen-bond acceptors (Lipinski definition) is 5. The van der Waals surface area contributed by atoms with E-state index >= 15 is 0 Å². The maximum Gasteiger partial charge on any atom is 0.267 e. The summed E-state index contributed by atoms with van der Waals surface area (Å²) < 4.78 is 31.4. The Morgan fingerprint density at radius 2 is 1.81 bits per heavy atom. The normalized spacial score (nSPS) is 15.7. The Morgan fingerprint density at radius 1 is 1.13 bits per heavy atom. The molecule has 1 unspecified atom stereocenters. The van der Waals surface area contributed by atoms with E-state index in [-0.39, 0.29) is 12.3 Å². The van der Waals surface area contributed by atoms with Gasteiger partial charge in [-0.3, -0.25) is 14.1 Å². The summed E-state index contributed by atoms with van der Waals surface area (Å²) in [6, 6.07) is 16.0. The van der Waals surface area contributed by atoms with E-state index in [1.807, 2.05) is 24.3 Å². The maximum atomic E-state index is 12.8. The third-order valence-corrected chi connectivity index (χ3v) is 6.24. The summed E-state index contributed by atoms with van der Waals surface area (Å²) in [5.74, 6) is -0.148. The standard InChI is InChI=1S/C22H20ClN3O4S/c1-31(28,29)26-14-21(30-20-7-4-17(23)13-19(20)26)22(27)25-18-5-2-15(3-6-18)12-16-8-10-24-11-9-16/h2-11,13,21H,12,14H2,1H3,(H,25,27). The van der Waals surface area contributed by atoms with Crippen molar-refractivity contribution in [2.45, 2.75) is 12.5 Å². The van der Waals surface area contributed by atoms with Gasteiger partial charge in [-0.1, -0.05) is 23.7 Å². The molecule has 1 aliphatic rings. The third kappa shape index (κ3) is 4.98. The van der Waals surface area contributed by atoms with E-state index in [0.717, 1.165) is 28.1 Å². The van der Waals surface area contributed by atoms with Gasteiger partial charge in [0.2, 0.25) is 10.0 Å². The zero-order valence-electron chi connectivity index (χ0n) is 16.7. The van der Waals surface area contributed by atoms with Crippen molar-refractivity contribution < 1.29 is 17.9 Å². The van der Waals surface area contributed by atoms with Crippen LogP contribution in [0.2, 0.25) is 5.02 Å². The molecule has 0 spiro atoms. The highest BCUT2D eigenvalue weighted by molar-refractivity contribution is 7.92. The summed E-state index contributed by atoms with van der Waals surface area (Å²) >= 11 is 6.00. The molecule has 7 nitrogen and oxygen atoms in total. The Hall–Kier alpha value is -3.10. The molecule has 0 bridgehead atoms. The Labute approximate surface area is 185 Å².